The van der Waals surface area contributed by atoms with Crippen LogP contribution in [0.1, 0.15) is 47.8 Å². The number of hydrogen-bond donors (Lipinski definition) is 1. The third kappa shape index (κ3) is 2.99. The maximum absolute atomic E-state index is 13.1. The highest BCUT2D eigenvalue weighted by Crippen LogP contribution is 2.43. The van der Waals surface area contributed by atoms with Crippen LogP contribution >= 0.6 is 0 Å². The van der Waals surface area contributed by atoms with Crippen LogP contribution in [-0.4, -0.2) is 41.8 Å². The fraction of sp³-hybridized carbons (Fsp3) is 0.364. The number of Topliss-reactive ketones (excluding diaryl/α,β-unsaturated/α-hetero) is 1. The van der Waals surface area contributed by atoms with E-state index in [1.54, 1.807) is 17.0 Å². The number of anilines is 1. The molecule has 1 aliphatic heterocycles. The number of rotatable bonds is 5. The summed E-state index contributed by atoms with van der Waals surface area (Å²) in [5.74, 6) is -1.26. The van der Waals surface area contributed by atoms with E-state index in [-0.39, 0.29) is 17.4 Å². The summed E-state index contributed by atoms with van der Waals surface area (Å²) in [5.41, 5.74) is 1.93. The first kappa shape index (κ1) is 18.3. The summed E-state index contributed by atoms with van der Waals surface area (Å²) in [5, 5.41) is 10.6. The Labute approximate surface area is 164 Å². The van der Waals surface area contributed by atoms with Gasteiger partial charge in [0, 0.05) is 25.8 Å². The Morgan fingerprint density at radius 1 is 1.14 bits per heavy atom. The number of carbonyl (C=O) groups is 2. The minimum atomic E-state index is -0.607. The van der Waals surface area contributed by atoms with E-state index >= 15 is 0 Å². The van der Waals surface area contributed by atoms with Gasteiger partial charge in [-0.1, -0.05) is 25.0 Å². The van der Waals surface area contributed by atoms with Gasteiger partial charge in [0.25, 0.3) is 5.91 Å². The van der Waals surface area contributed by atoms with E-state index in [2.05, 4.69) is 0 Å². The zero-order chi connectivity index (χ0) is 19.8. The van der Waals surface area contributed by atoms with Crippen molar-refractivity contribution in [3.63, 3.8) is 0 Å². The van der Waals surface area contributed by atoms with E-state index in [0.29, 0.717) is 0 Å². The fourth-order valence-corrected chi connectivity index (χ4v) is 4.24. The zero-order valence-corrected chi connectivity index (χ0v) is 16.1. The van der Waals surface area contributed by atoms with Crippen molar-refractivity contribution in [2.75, 3.05) is 19.0 Å². The molecule has 1 aromatic carbocycles. The third-order valence-electron chi connectivity index (χ3n) is 5.68. The molecule has 1 N–H and O–H groups in total. The van der Waals surface area contributed by atoms with E-state index in [0.717, 1.165) is 36.9 Å². The number of benzene rings is 1. The molecule has 1 atom stereocenters. The topological polar surface area (TPSA) is 74.0 Å². The van der Waals surface area contributed by atoms with Crippen molar-refractivity contribution in [1.82, 2.24) is 4.90 Å². The molecule has 2 aromatic rings. The predicted molar refractivity (Wildman–Crippen MR) is 105 cm³/mol. The minimum Gasteiger partial charge on any atom is -0.503 e. The summed E-state index contributed by atoms with van der Waals surface area (Å²) in [6, 6.07) is 10.3. The summed E-state index contributed by atoms with van der Waals surface area (Å²) in [4.78, 5) is 29.7. The summed E-state index contributed by atoms with van der Waals surface area (Å²) < 4.78 is 5.26. The van der Waals surface area contributed by atoms with Crippen molar-refractivity contribution in [3.8, 4) is 0 Å². The lowest BCUT2D eigenvalue weighted by molar-refractivity contribution is -0.131. The van der Waals surface area contributed by atoms with Gasteiger partial charge in [-0.2, -0.15) is 0 Å². The molecule has 28 heavy (non-hydrogen) atoms. The second kappa shape index (κ2) is 7.19. The largest absolute Gasteiger partial charge is 0.503 e. The Hall–Kier alpha value is -3.02. The van der Waals surface area contributed by atoms with E-state index in [1.807, 2.05) is 43.3 Å². The van der Waals surface area contributed by atoms with E-state index in [9.17, 15) is 14.7 Å². The Bertz CT molecular complexity index is 907. The molecule has 6 nitrogen and oxygen atoms in total. The van der Waals surface area contributed by atoms with Crippen LogP contribution in [-0.2, 0) is 4.79 Å². The van der Waals surface area contributed by atoms with Crippen LogP contribution in [0.5, 0.6) is 0 Å². The molecule has 0 spiro atoms. The van der Waals surface area contributed by atoms with Crippen LogP contribution < -0.4 is 4.90 Å². The highest BCUT2D eigenvalue weighted by molar-refractivity contribution is 6.15. The Balaban J connectivity index is 1.79. The molecule has 0 bridgehead atoms. The standard InChI is InChI=1S/C22H24N2O4/c1-23(2)15-11-9-14(10-12-15)19-18(20(25)17-8-5-13-28-17)21(26)22(27)24(19)16-6-3-4-7-16/h5,8-13,16,19,26H,3-4,6-7H2,1-2H3. The number of furan rings is 1. The van der Waals surface area contributed by atoms with Gasteiger partial charge in [-0.15, -0.1) is 0 Å². The molecule has 1 saturated carbocycles. The van der Waals surface area contributed by atoms with Crippen LogP contribution in [0.2, 0.25) is 0 Å². The number of nitrogens with zero attached hydrogens (tertiary/aromatic N) is 2. The lowest BCUT2D eigenvalue weighted by atomic mass is 9.94. The van der Waals surface area contributed by atoms with Crippen molar-refractivity contribution in [3.05, 3.63) is 65.3 Å². The number of ketones is 1. The zero-order valence-electron chi connectivity index (χ0n) is 16.1. The lowest BCUT2D eigenvalue weighted by Crippen LogP contribution is -2.38. The first-order valence-corrected chi connectivity index (χ1v) is 9.60. The molecule has 0 saturated heterocycles. The molecule has 1 aliphatic carbocycles. The highest BCUT2D eigenvalue weighted by atomic mass is 16.3. The van der Waals surface area contributed by atoms with Gasteiger partial charge < -0.3 is 19.3 Å². The molecule has 1 fully saturated rings. The van der Waals surface area contributed by atoms with Crippen molar-refractivity contribution >= 4 is 17.4 Å². The summed E-state index contributed by atoms with van der Waals surface area (Å²) in [6.45, 7) is 0. The molecule has 1 aromatic heterocycles. The summed E-state index contributed by atoms with van der Waals surface area (Å²) in [7, 11) is 3.91. The second-order valence-corrected chi connectivity index (χ2v) is 7.61. The molecule has 146 valence electrons. The van der Waals surface area contributed by atoms with Crippen molar-refractivity contribution in [2.45, 2.75) is 37.8 Å². The molecule has 6 heteroatoms. The van der Waals surface area contributed by atoms with Crippen molar-refractivity contribution in [2.24, 2.45) is 0 Å². The molecular formula is C22H24N2O4. The van der Waals surface area contributed by atoms with E-state index in [1.165, 1.54) is 6.26 Å². The van der Waals surface area contributed by atoms with E-state index in [4.69, 9.17) is 4.42 Å². The highest BCUT2D eigenvalue weighted by Gasteiger charge is 2.47. The fourth-order valence-electron chi connectivity index (χ4n) is 4.24. The molecule has 4 rings (SSSR count). The van der Waals surface area contributed by atoms with Crippen LogP contribution in [0.4, 0.5) is 5.69 Å². The number of aliphatic hydroxyl groups is 1. The maximum atomic E-state index is 13.1. The average molecular weight is 380 g/mol. The van der Waals surface area contributed by atoms with Crippen molar-refractivity contribution in [1.29, 1.82) is 0 Å². The maximum Gasteiger partial charge on any atom is 0.290 e. The van der Waals surface area contributed by atoms with Gasteiger partial charge >= 0.3 is 0 Å². The Morgan fingerprint density at radius 2 is 1.82 bits per heavy atom. The SMILES string of the molecule is CN(C)c1ccc(C2C(C(=O)c3ccco3)=C(O)C(=O)N2C2CCCC2)cc1. The van der Waals surface area contributed by atoms with Gasteiger partial charge in [0.1, 0.15) is 0 Å². The van der Waals surface area contributed by atoms with Crippen LogP contribution in [0.25, 0.3) is 0 Å². The number of aliphatic hydroxyl groups excluding tert-OH is 1. The minimum absolute atomic E-state index is 0.0232. The molecule has 2 aliphatic rings. The third-order valence-corrected chi connectivity index (χ3v) is 5.68. The van der Waals surface area contributed by atoms with Gasteiger partial charge in [-0.05, 0) is 42.7 Å². The lowest BCUT2D eigenvalue weighted by Gasteiger charge is -2.32. The molecule has 0 radical (unpaired) electrons. The molecule has 1 unspecified atom stereocenters. The van der Waals surface area contributed by atoms with Crippen LogP contribution in [0, 0.1) is 0 Å². The van der Waals surface area contributed by atoms with Gasteiger partial charge in [0.2, 0.25) is 5.78 Å². The second-order valence-electron chi connectivity index (χ2n) is 7.61. The van der Waals surface area contributed by atoms with Gasteiger partial charge in [-0.3, -0.25) is 9.59 Å². The monoisotopic (exact) mass is 380 g/mol. The first-order chi connectivity index (χ1) is 13.5. The quantitative estimate of drug-likeness (QED) is 0.797. The summed E-state index contributed by atoms with van der Waals surface area (Å²) >= 11 is 0. The van der Waals surface area contributed by atoms with Crippen LogP contribution in [0.15, 0.2) is 58.4 Å². The number of amides is 1. The van der Waals surface area contributed by atoms with Gasteiger partial charge in [0.15, 0.2) is 11.5 Å². The molecular weight excluding hydrogens is 356 g/mol. The van der Waals surface area contributed by atoms with Crippen molar-refractivity contribution < 1.29 is 19.1 Å². The number of hydrogen-bond acceptors (Lipinski definition) is 5. The summed E-state index contributed by atoms with van der Waals surface area (Å²) in [6.07, 6.45) is 5.27. The van der Waals surface area contributed by atoms with Gasteiger partial charge in [0.05, 0.1) is 17.9 Å². The number of carbonyl (C=O) groups excluding carboxylic acids is 2. The first-order valence-electron chi connectivity index (χ1n) is 9.60. The molecule has 1 amide bonds. The normalized spacial score (nSPS) is 20.3. The molecule has 2 heterocycles. The Morgan fingerprint density at radius 3 is 2.39 bits per heavy atom. The van der Waals surface area contributed by atoms with Gasteiger partial charge in [-0.25, -0.2) is 0 Å². The average Bonchev–Trinajstić information content (AvgIpc) is 3.43. The smallest absolute Gasteiger partial charge is 0.290 e. The van der Waals surface area contributed by atoms with Crippen LogP contribution in [0.3, 0.4) is 0 Å². The van der Waals surface area contributed by atoms with E-state index < -0.39 is 23.5 Å². The predicted octanol–water partition coefficient (Wildman–Crippen LogP) is 3.87. The Kier molecular flexibility index (Phi) is 4.71.